The molecule has 4 heteroatoms. The highest BCUT2D eigenvalue weighted by atomic mass is 16.5. The summed E-state index contributed by atoms with van der Waals surface area (Å²) < 4.78 is 5.99. The lowest BCUT2D eigenvalue weighted by atomic mass is 10.2. The standard InChI is InChI=1S/C17H21N3O/c1-2-7-17(16(6-1)20-12-10-18-11-13-20)21-14-8-15-5-3-4-9-19-15/h1-7,9,18H,8,10-14H2. The number of nitrogens with one attached hydrogen (secondary N) is 1. The molecule has 0 radical (unpaired) electrons. The maximum atomic E-state index is 5.99. The Labute approximate surface area is 125 Å². The van der Waals surface area contributed by atoms with E-state index in [0.717, 1.165) is 44.0 Å². The van der Waals surface area contributed by atoms with Gasteiger partial charge in [-0.05, 0) is 24.3 Å². The van der Waals surface area contributed by atoms with Crippen LogP contribution in [0.5, 0.6) is 5.75 Å². The zero-order valence-corrected chi connectivity index (χ0v) is 12.2. The zero-order valence-electron chi connectivity index (χ0n) is 12.2. The van der Waals surface area contributed by atoms with Gasteiger partial charge in [0, 0.05) is 44.5 Å². The second-order valence-electron chi connectivity index (χ2n) is 5.12. The minimum absolute atomic E-state index is 0.653. The van der Waals surface area contributed by atoms with Crippen molar-refractivity contribution >= 4 is 5.69 Å². The van der Waals surface area contributed by atoms with E-state index in [0.29, 0.717) is 6.61 Å². The third-order valence-corrected chi connectivity index (χ3v) is 3.66. The summed E-state index contributed by atoms with van der Waals surface area (Å²) in [5, 5.41) is 3.38. The number of ether oxygens (including phenoxy) is 1. The predicted molar refractivity (Wildman–Crippen MR) is 85.0 cm³/mol. The summed E-state index contributed by atoms with van der Waals surface area (Å²) in [5.41, 5.74) is 2.26. The number of anilines is 1. The Morgan fingerprint density at radius 1 is 1.05 bits per heavy atom. The first-order valence-electron chi connectivity index (χ1n) is 7.51. The number of hydrogen-bond donors (Lipinski definition) is 1. The minimum atomic E-state index is 0.653. The van der Waals surface area contributed by atoms with Crippen molar-refractivity contribution < 1.29 is 4.74 Å². The van der Waals surface area contributed by atoms with Crippen LogP contribution in [-0.2, 0) is 6.42 Å². The summed E-state index contributed by atoms with van der Waals surface area (Å²) >= 11 is 0. The van der Waals surface area contributed by atoms with Crippen molar-refractivity contribution in [2.24, 2.45) is 0 Å². The van der Waals surface area contributed by atoms with Gasteiger partial charge in [-0.3, -0.25) is 4.98 Å². The first-order valence-corrected chi connectivity index (χ1v) is 7.51. The van der Waals surface area contributed by atoms with E-state index in [9.17, 15) is 0 Å². The number of pyridine rings is 1. The Morgan fingerprint density at radius 3 is 2.67 bits per heavy atom. The van der Waals surface area contributed by atoms with E-state index in [1.165, 1.54) is 5.69 Å². The van der Waals surface area contributed by atoms with Crippen molar-refractivity contribution in [3.05, 3.63) is 54.4 Å². The van der Waals surface area contributed by atoms with E-state index in [1.807, 2.05) is 30.5 Å². The first-order chi connectivity index (χ1) is 10.4. The third kappa shape index (κ3) is 3.73. The molecule has 1 fully saturated rings. The van der Waals surface area contributed by atoms with Gasteiger partial charge in [-0.1, -0.05) is 18.2 Å². The average molecular weight is 283 g/mol. The lowest BCUT2D eigenvalue weighted by Crippen LogP contribution is -2.43. The summed E-state index contributed by atoms with van der Waals surface area (Å²) in [7, 11) is 0. The van der Waals surface area contributed by atoms with E-state index in [-0.39, 0.29) is 0 Å². The molecule has 3 rings (SSSR count). The molecule has 4 nitrogen and oxygen atoms in total. The van der Waals surface area contributed by atoms with Crippen molar-refractivity contribution in [2.45, 2.75) is 6.42 Å². The summed E-state index contributed by atoms with van der Waals surface area (Å²) in [6, 6.07) is 14.3. The average Bonchev–Trinajstić information content (AvgIpc) is 2.57. The second kappa shape index (κ2) is 7.09. The lowest BCUT2D eigenvalue weighted by molar-refractivity contribution is 0.320. The smallest absolute Gasteiger partial charge is 0.142 e. The monoisotopic (exact) mass is 283 g/mol. The fourth-order valence-electron chi connectivity index (χ4n) is 2.56. The Kier molecular flexibility index (Phi) is 4.69. The highest BCUT2D eigenvalue weighted by molar-refractivity contribution is 5.58. The fourth-order valence-corrected chi connectivity index (χ4v) is 2.56. The van der Waals surface area contributed by atoms with Gasteiger partial charge in [0.15, 0.2) is 0 Å². The highest BCUT2D eigenvalue weighted by Crippen LogP contribution is 2.28. The second-order valence-corrected chi connectivity index (χ2v) is 5.12. The molecule has 1 aromatic heterocycles. The molecule has 0 amide bonds. The maximum Gasteiger partial charge on any atom is 0.142 e. The van der Waals surface area contributed by atoms with Gasteiger partial charge in [-0.25, -0.2) is 0 Å². The molecule has 0 unspecified atom stereocenters. The van der Waals surface area contributed by atoms with Gasteiger partial charge >= 0.3 is 0 Å². The molecule has 0 saturated carbocycles. The van der Waals surface area contributed by atoms with Crippen LogP contribution >= 0.6 is 0 Å². The molecule has 1 aromatic carbocycles. The number of aromatic nitrogens is 1. The molecule has 1 aliphatic heterocycles. The summed E-state index contributed by atoms with van der Waals surface area (Å²) in [6.07, 6.45) is 2.65. The van der Waals surface area contributed by atoms with Gasteiger partial charge in [-0.2, -0.15) is 0 Å². The molecule has 0 bridgehead atoms. The summed E-state index contributed by atoms with van der Waals surface area (Å²) in [6.45, 7) is 4.77. The molecule has 2 heterocycles. The number of benzene rings is 1. The van der Waals surface area contributed by atoms with E-state index < -0.39 is 0 Å². The topological polar surface area (TPSA) is 37.4 Å². The molecule has 1 aliphatic rings. The molecule has 2 aromatic rings. The van der Waals surface area contributed by atoms with Gasteiger partial charge in [0.1, 0.15) is 5.75 Å². The molecule has 1 saturated heterocycles. The van der Waals surface area contributed by atoms with Crippen LogP contribution in [0.4, 0.5) is 5.69 Å². The van der Waals surface area contributed by atoms with Crippen molar-refractivity contribution in [2.75, 3.05) is 37.7 Å². The fraction of sp³-hybridized carbons (Fsp3) is 0.353. The lowest BCUT2D eigenvalue weighted by Gasteiger charge is -2.30. The zero-order chi connectivity index (χ0) is 14.3. The molecule has 1 N–H and O–H groups in total. The minimum Gasteiger partial charge on any atom is -0.491 e. The van der Waals surface area contributed by atoms with Crippen LogP contribution < -0.4 is 15.0 Å². The van der Waals surface area contributed by atoms with Crippen molar-refractivity contribution in [3.8, 4) is 5.75 Å². The highest BCUT2D eigenvalue weighted by Gasteiger charge is 2.14. The number of rotatable bonds is 5. The van der Waals surface area contributed by atoms with Crippen LogP contribution in [0.2, 0.25) is 0 Å². The summed E-state index contributed by atoms with van der Waals surface area (Å²) in [5.74, 6) is 0.968. The largest absolute Gasteiger partial charge is 0.491 e. The van der Waals surface area contributed by atoms with Crippen LogP contribution in [0.3, 0.4) is 0 Å². The number of hydrogen-bond acceptors (Lipinski definition) is 4. The van der Waals surface area contributed by atoms with E-state index in [2.05, 4.69) is 33.4 Å². The SMILES string of the molecule is c1ccc(CCOc2ccccc2N2CCNCC2)nc1. The van der Waals surface area contributed by atoms with Gasteiger partial charge in [0.05, 0.1) is 12.3 Å². The molecule has 110 valence electrons. The Bertz CT molecular complexity index is 553. The normalized spacial score (nSPS) is 15.0. The van der Waals surface area contributed by atoms with Crippen molar-refractivity contribution in [1.29, 1.82) is 0 Å². The Morgan fingerprint density at radius 2 is 1.86 bits per heavy atom. The maximum absolute atomic E-state index is 5.99. The molecule has 0 aliphatic carbocycles. The predicted octanol–water partition coefficient (Wildman–Crippen LogP) is 2.11. The molecular weight excluding hydrogens is 262 g/mol. The van der Waals surface area contributed by atoms with Gasteiger partial charge in [0.2, 0.25) is 0 Å². The third-order valence-electron chi connectivity index (χ3n) is 3.66. The Hall–Kier alpha value is -2.07. The van der Waals surface area contributed by atoms with E-state index >= 15 is 0 Å². The number of piperazine rings is 1. The van der Waals surface area contributed by atoms with Crippen LogP contribution in [0.25, 0.3) is 0 Å². The number of para-hydroxylation sites is 2. The van der Waals surface area contributed by atoms with Crippen LogP contribution in [0.15, 0.2) is 48.7 Å². The van der Waals surface area contributed by atoms with Crippen LogP contribution in [0.1, 0.15) is 5.69 Å². The van der Waals surface area contributed by atoms with Gasteiger partial charge < -0.3 is 15.0 Å². The molecule has 0 spiro atoms. The van der Waals surface area contributed by atoms with E-state index in [1.54, 1.807) is 0 Å². The quantitative estimate of drug-likeness (QED) is 0.912. The molecule has 0 atom stereocenters. The van der Waals surface area contributed by atoms with E-state index in [4.69, 9.17) is 4.74 Å². The van der Waals surface area contributed by atoms with Crippen LogP contribution in [0, 0.1) is 0 Å². The first kappa shape index (κ1) is 13.9. The van der Waals surface area contributed by atoms with Gasteiger partial charge in [-0.15, -0.1) is 0 Å². The Balaban J connectivity index is 1.62. The molecule has 21 heavy (non-hydrogen) atoms. The van der Waals surface area contributed by atoms with Crippen molar-refractivity contribution in [1.82, 2.24) is 10.3 Å². The molecular formula is C17H21N3O. The summed E-state index contributed by atoms with van der Waals surface area (Å²) in [4.78, 5) is 6.71. The van der Waals surface area contributed by atoms with Gasteiger partial charge in [0.25, 0.3) is 0 Å². The van der Waals surface area contributed by atoms with Crippen LogP contribution in [-0.4, -0.2) is 37.8 Å². The van der Waals surface area contributed by atoms with Crippen molar-refractivity contribution in [3.63, 3.8) is 0 Å². The number of nitrogens with zero attached hydrogens (tertiary/aromatic N) is 2.